The highest BCUT2D eigenvalue weighted by atomic mass is 32.2. The zero-order valence-electron chi connectivity index (χ0n) is 19.2. The molecular weight excluding hydrogens is 442 g/mol. The van der Waals surface area contributed by atoms with Crippen molar-refractivity contribution < 1.29 is 22.8 Å². The molecule has 1 aliphatic heterocycles. The van der Waals surface area contributed by atoms with E-state index in [1.54, 1.807) is 13.0 Å². The van der Waals surface area contributed by atoms with Crippen molar-refractivity contribution in [3.63, 3.8) is 0 Å². The number of hydrogen-bond donors (Lipinski definition) is 1. The summed E-state index contributed by atoms with van der Waals surface area (Å²) in [5, 5.41) is 2.82. The summed E-state index contributed by atoms with van der Waals surface area (Å²) in [6, 6.07) is 12.5. The molecule has 9 heteroatoms. The summed E-state index contributed by atoms with van der Waals surface area (Å²) in [6.07, 6.45) is 0. The molecule has 1 atom stereocenters. The van der Waals surface area contributed by atoms with Gasteiger partial charge in [0.1, 0.15) is 17.5 Å². The fraction of sp³-hybridized carbons (Fsp3) is 0.375. The molecule has 0 spiro atoms. The number of benzene rings is 2. The van der Waals surface area contributed by atoms with E-state index < -0.39 is 34.4 Å². The maximum atomic E-state index is 13.3. The summed E-state index contributed by atoms with van der Waals surface area (Å²) >= 11 is 0. The lowest BCUT2D eigenvalue weighted by Crippen LogP contribution is -2.51. The van der Waals surface area contributed by atoms with Crippen LogP contribution in [0.1, 0.15) is 42.3 Å². The lowest BCUT2D eigenvalue weighted by Gasteiger charge is -2.30. The van der Waals surface area contributed by atoms with Gasteiger partial charge in [0.15, 0.2) is 0 Å². The van der Waals surface area contributed by atoms with Crippen LogP contribution in [0.25, 0.3) is 0 Å². The van der Waals surface area contributed by atoms with Crippen LogP contribution in [0.15, 0.2) is 53.4 Å². The van der Waals surface area contributed by atoms with E-state index in [-0.39, 0.29) is 28.8 Å². The molecule has 0 saturated carbocycles. The molecule has 0 fully saturated rings. The van der Waals surface area contributed by atoms with Crippen molar-refractivity contribution in [2.45, 2.75) is 45.2 Å². The summed E-state index contributed by atoms with van der Waals surface area (Å²) in [5.74, 6) is -1.49. The van der Waals surface area contributed by atoms with Crippen LogP contribution in [-0.2, 0) is 26.2 Å². The minimum atomic E-state index is -4.14. The molecule has 8 nitrogen and oxygen atoms in total. The Morgan fingerprint density at radius 2 is 1.76 bits per heavy atom. The van der Waals surface area contributed by atoms with E-state index in [1.807, 2.05) is 45.0 Å². The van der Waals surface area contributed by atoms with Gasteiger partial charge in [-0.2, -0.15) is 0 Å². The van der Waals surface area contributed by atoms with Crippen LogP contribution in [0.3, 0.4) is 0 Å². The van der Waals surface area contributed by atoms with Crippen LogP contribution in [0.5, 0.6) is 0 Å². The quantitative estimate of drug-likeness (QED) is 0.636. The summed E-state index contributed by atoms with van der Waals surface area (Å²) in [7, 11) is -4.14. The van der Waals surface area contributed by atoms with Gasteiger partial charge in [0.2, 0.25) is 11.8 Å². The van der Waals surface area contributed by atoms with Gasteiger partial charge in [-0.15, -0.1) is 0 Å². The van der Waals surface area contributed by atoms with Gasteiger partial charge in [-0.3, -0.25) is 14.4 Å². The van der Waals surface area contributed by atoms with Gasteiger partial charge in [0.05, 0.1) is 5.56 Å². The average molecular weight is 472 g/mol. The molecule has 1 N–H and O–H groups in total. The molecule has 33 heavy (non-hydrogen) atoms. The lowest BCUT2D eigenvalue weighted by atomic mass is 10.1. The molecular formula is C24H29N3O5S. The normalized spacial score (nSPS) is 15.3. The van der Waals surface area contributed by atoms with E-state index in [4.69, 9.17) is 0 Å². The predicted octanol–water partition coefficient (Wildman–Crippen LogP) is 2.33. The zero-order chi connectivity index (χ0) is 24.3. The van der Waals surface area contributed by atoms with E-state index in [0.29, 0.717) is 10.8 Å². The summed E-state index contributed by atoms with van der Waals surface area (Å²) in [4.78, 5) is 40.1. The average Bonchev–Trinajstić information content (AvgIpc) is 2.96. The number of fused-ring (bicyclic) bond motifs is 1. The Balaban J connectivity index is 1.87. The number of carbonyl (C=O) groups excluding carboxylic acids is 3. The van der Waals surface area contributed by atoms with Crippen molar-refractivity contribution in [1.82, 2.24) is 14.5 Å². The second-order valence-corrected chi connectivity index (χ2v) is 10.5. The fourth-order valence-corrected chi connectivity index (χ4v) is 5.16. The first-order valence-corrected chi connectivity index (χ1v) is 12.2. The standard InChI is InChI=1S/C24H29N3O5S/c1-16(2)13-25-23(29)18(4)26(14-19-9-7-8-17(3)12-19)22(28)15-27-24(30)20-10-5-6-11-21(20)33(27,31)32/h5-12,16,18H,13-15H2,1-4H3,(H,25,29)/t18-/m0/s1. The molecule has 0 aliphatic carbocycles. The number of nitrogens with one attached hydrogen (secondary N) is 1. The third kappa shape index (κ3) is 5.24. The summed E-state index contributed by atoms with van der Waals surface area (Å²) in [6.45, 7) is 7.31. The Morgan fingerprint density at radius 3 is 2.39 bits per heavy atom. The molecule has 0 radical (unpaired) electrons. The van der Waals surface area contributed by atoms with Crippen LogP contribution >= 0.6 is 0 Å². The second kappa shape index (κ2) is 9.74. The third-order valence-corrected chi connectivity index (χ3v) is 7.27. The molecule has 1 heterocycles. The Hall–Kier alpha value is -3.20. The van der Waals surface area contributed by atoms with Gasteiger partial charge in [0, 0.05) is 13.1 Å². The summed E-state index contributed by atoms with van der Waals surface area (Å²) < 4.78 is 26.4. The van der Waals surface area contributed by atoms with Crippen LogP contribution in [0, 0.1) is 12.8 Å². The number of rotatable bonds is 8. The van der Waals surface area contributed by atoms with Crippen LogP contribution in [-0.4, -0.2) is 54.5 Å². The minimum absolute atomic E-state index is 0.0401. The highest BCUT2D eigenvalue weighted by Crippen LogP contribution is 2.30. The van der Waals surface area contributed by atoms with Gasteiger partial charge in [-0.1, -0.05) is 55.8 Å². The smallest absolute Gasteiger partial charge is 0.269 e. The van der Waals surface area contributed by atoms with E-state index in [9.17, 15) is 22.8 Å². The SMILES string of the molecule is Cc1cccc(CN(C(=O)CN2C(=O)c3ccccc3S2(=O)=O)[C@@H](C)C(=O)NCC(C)C)c1. The molecule has 0 bridgehead atoms. The first-order chi connectivity index (χ1) is 15.5. The lowest BCUT2D eigenvalue weighted by molar-refractivity contribution is -0.140. The number of amides is 3. The first-order valence-electron chi connectivity index (χ1n) is 10.8. The number of nitrogens with zero attached hydrogens (tertiary/aromatic N) is 2. The summed E-state index contributed by atoms with van der Waals surface area (Å²) in [5.41, 5.74) is 1.83. The molecule has 0 aromatic heterocycles. The van der Waals surface area contributed by atoms with Crippen LogP contribution in [0.2, 0.25) is 0 Å². The Morgan fingerprint density at radius 1 is 1.06 bits per heavy atom. The van der Waals surface area contributed by atoms with Gasteiger partial charge in [0.25, 0.3) is 15.9 Å². The van der Waals surface area contributed by atoms with Gasteiger partial charge < -0.3 is 10.2 Å². The Kier molecular flexibility index (Phi) is 7.22. The zero-order valence-corrected chi connectivity index (χ0v) is 20.1. The topological polar surface area (TPSA) is 104 Å². The maximum absolute atomic E-state index is 13.3. The maximum Gasteiger partial charge on any atom is 0.269 e. The molecule has 0 unspecified atom stereocenters. The monoisotopic (exact) mass is 471 g/mol. The van der Waals surface area contributed by atoms with E-state index in [0.717, 1.165) is 11.1 Å². The Labute approximate surface area is 194 Å². The Bertz CT molecular complexity index is 1180. The largest absolute Gasteiger partial charge is 0.354 e. The van der Waals surface area contributed by atoms with Gasteiger partial charge >= 0.3 is 0 Å². The number of sulfonamides is 1. The molecule has 2 aromatic rings. The van der Waals surface area contributed by atoms with Gasteiger partial charge in [-0.25, -0.2) is 12.7 Å². The van der Waals surface area contributed by atoms with Gasteiger partial charge in [-0.05, 0) is 37.5 Å². The van der Waals surface area contributed by atoms with Crippen LogP contribution in [0.4, 0.5) is 0 Å². The third-order valence-electron chi connectivity index (χ3n) is 5.48. The first kappa shape index (κ1) is 24.4. The van der Waals surface area contributed by atoms with Crippen molar-refractivity contribution in [3.8, 4) is 0 Å². The second-order valence-electron chi connectivity index (χ2n) is 8.64. The number of aryl methyl sites for hydroxylation is 1. The molecule has 3 amide bonds. The van der Waals surface area contributed by atoms with Crippen molar-refractivity contribution in [2.24, 2.45) is 5.92 Å². The van der Waals surface area contributed by atoms with Crippen molar-refractivity contribution in [1.29, 1.82) is 0 Å². The van der Waals surface area contributed by atoms with Crippen molar-refractivity contribution in [2.75, 3.05) is 13.1 Å². The fourth-order valence-electron chi connectivity index (χ4n) is 3.64. The van der Waals surface area contributed by atoms with E-state index in [1.165, 1.54) is 23.1 Å². The number of hydrogen-bond acceptors (Lipinski definition) is 5. The molecule has 176 valence electrons. The molecule has 1 aliphatic rings. The molecule has 2 aromatic carbocycles. The minimum Gasteiger partial charge on any atom is -0.354 e. The van der Waals surface area contributed by atoms with Crippen LogP contribution < -0.4 is 5.32 Å². The van der Waals surface area contributed by atoms with Crippen molar-refractivity contribution in [3.05, 3.63) is 65.2 Å². The highest BCUT2D eigenvalue weighted by Gasteiger charge is 2.43. The molecule has 3 rings (SSSR count). The van der Waals surface area contributed by atoms with Crippen molar-refractivity contribution >= 4 is 27.7 Å². The molecule has 0 saturated heterocycles. The van der Waals surface area contributed by atoms with E-state index >= 15 is 0 Å². The van der Waals surface area contributed by atoms with E-state index in [2.05, 4.69) is 5.32 Å². The number of carbonyl (C=O) groups is 3. The highest BCUT2D eigenvalue weighted by molar-refractivity contribution is 7.90. The predicted molar refractivity (Wildman–Crippen MR) is 124 cm³/mol.